The molecule has 0 aliphatic rings. The van der Waals surface area contributed by atoms with E-state index in [4.69, 9.17) is 4.74 Å². The minimum atomic E-state index is -0.274. The van der Waals surface area contributed by atoms with Crippen LogP contribution in [-0.2, 0) is 4.74 Å². The van der Waals surface area contributed by atoms with Gasteiger partial charge in [0.05, 0.1) is 12.2 Å². The maximum absolute atomic E-state index is 11.5. The van der Waals surface area contributed by atoms with E-state index in [1.54, 1.807) is 12.1 Å². The third-order valence-corrected chi connectivity index (χ3v) is 1.97. The van der Waals surface area contributed by atoms with Crippen molar-refractivity contribution >= 4 is 5.97 Å². The highest BCUT2D eigenvalue weighted by Crippen LogP contribution is 2.08. The summed E-state index contributed by atoms with van der Waals surface area (Å²) >= 11 is 0. The van der Waals surface area contributed by atoms with Crippen LogP contribution in [0.3, 0.4) is 0 Å². The second-order valence-electron chi connectivity index (χ2n) is 3.15. The van der Waals surface area contributed by atoms with E-state index in [0.29, 0.717) is 17.7 Å². The Bertz CT molecular complexity index is 305. The third-order valence-electron chi connectivity index (χ3n) is 1.97. The van der Waals surface area contributed by atoms with E-state index in [2.05, 4.69) is 13.8 Å². The monoisotopic (exact) mass is 191 g/mol. The van der Waals surface area contributed by atoms with Crippen molar-refractivity contribution in [3.8, 4) is 0 Å². The SMILES string of the molecule is [CH2]c1ccccc1C(=O)OCCCC. The average Bonchev–Trinajstić information content (AvgIpc) is 2.18. The predicted molar refractivity (Wildman–Crippen MR) is 56.1 cm³/mol. The minimum Gasteiger partial charge on any atom is -0.462 e. The van der Waals surface area contributed by atoms with Crippen molar-refractivity contribution < 1.29 is 9.53 Å². The summed E-state index contributed by atoms with van der Waals surface area (Å²) in [6, 6.07) is 7.20. The van der Waals surface area contributed by atoms with Gasteiger partial charge < -0.3 is 4.74 Å². The summed E-state index contributed by atoms with van der Waals surface area (Å²) in [7, 11) is 0. The number of ether oxygens (including phenoxy) is 1. The molecule has 0 fully saturated rings. The Kier molecular flexibility index (Phi) is 4.17. The predicted octanol–water partition coefficient (Wildman–Crippen LogP) is 2.83. The molecule has 0 aromatic heterocycles. The van der Waals surface area contributed by atoms with E-state index >= 15 is 0 Å². The number of benzene rings is 1. The van der Waals surface area contributed by atoms with E-state index in [1.807, 2.05) is 12.1 Å². The summed E-state index contributed by atoms with van der Waals surface area (Å²) < 4.78 is 5.07. The maximum atomic E-state index is 11.5. The van der Waals surface area contributed by atoms with Crippen LogP contribution in [0.5, 0.6) is 0 Å². The van der Waals surface area contributed by atoms with Gasteiger partial charge in [-0.2, -0.15) is 0 Å². The van der Waals surface area contributed by atoms with Gasteiger partial charge >= 0.3 is 5.97 Å². The van der Waals surface area contributed by atoms with Gasteiger partial charge in [-0.3, -0.25) is 0 Å². The van der Waals surface area contributed by atoms with Crippen LogP contribution in [0.15, 0.2) is 24.3 Å². The molecular formula is C12H15O2. The fourth-order valence-corrected chi connectivity index (χ4v) is 1.11. The Morgan fingerprint density at radius 3 is 2.79 bits per heavy atom. The first-order valence-electron chi connectivity index (χ1n) is 4.83. The molecule has 0 unspecified atom stereocenters. The average molecular weight is 191 g/mol. The topological polar surface area (TPSA) is 26.3 Å². The zero-order valence-corrected chi connectivity index (χ0v) is 8.45. The first-order valence-corrected chi connectivity index (χ1v) is 4.83. The standard InChI is InChI=1S/C12H15O2/c1-3-4-9-14-12(13)11-8-6-5-7-10(11)2/h5-8H,2-4,9H2,1H3. The second-order valence-corrected chi connectivity index (χ2v) is 3.15. The smallest absolute Gasteiger partial charge is 0.338 e. The molecule has 75 valence electrons. The number of hydrogen-bond donors (Lipinski definition) is 0. The van der Waals surface area contributed by atoms with Crippen LogP contribution in [0, 0.1) is 6.92 Å². The van der Waals surface area contributed by atoms with Crippen molar-refractivity contribution in [3.63, 3.8) is 0 Å². The van der Waals surface area contributed by atoms with E-state index in [0.717, 1.165) is 12.8 Å². The van der Waals surface area contributed by atoms with Crippen molar-refractivity contribution in [2.24, 2.45) is 0 Å². The lowest BCUT2D eigenvalue weighted by atomic mass is 10.1. The molecule has 2 heteroatoms. The summed E-state index contributed by atoms with van der Waals surface area (Å²) in [6.45, 7) is 6.32. The summed E-state index contributed by atoms with van der Waals surface area (Å²) in [5, 5.41) is 0. The van der Waals surface area contributed by atoms with Gasteiger partial charge in [-0.25, -0.2) is 4.79 Å². The summed E-state index contributed by atoms with van der Waals surface area (Å²) in [6.07, 6.45) is 1.93. The third kappa shape index (κ3) is 2.87. The largest absolute Gasteiger partial charge is 0.462 e. The van der Waals surface area contributed by atoms with Gasteiger partial charge in [0.1, 0.15) is 0 Å². The molecule has 1 radical (unpaired) electrons. The number of rotatable bonds is 4. The van der Waals surface area contributed by atoms with Gasteiger partial charge in [-0.05, 0) is 25.0 Å². The lowest BCUT2D eigenvalue weighted by Gasteiger charge is -2.05. The Balaban J connectivity index is 2.56. The molecule has 0 aliphatic heterocycles. The first-order chi connectivity index (χ1) is 6.75. The van der Waals surface area contributed by atoms with E-state index in [-0.39, 0.29) is 5.97 Å². The summed E-state index contributed by atoms with van der Waals surface area (Å²) in [5.41, 5.74) is 1.28. The van der Waals surface area contributed by atoms with Crippen LogP contribution in [-0.4, -0.2) is 12.6 Å². The lowest BCUT2D eigenvalue weighted by molar-refractivity contribution is 0.0499. The van der Waals surface area contributed by atoms with Gasteiger partial charge in [0.2, 0.25) is 0 Å². The second kappa shape index (κ2) is 5.43. The number of hydrogen-bond acceptors (Lipinski definition) is 2. The van der Waals surface area contributed by atoms with Crippen molar-refractivity contribution in [2.75, 3.05) is 6.61 Å². The highest BCUT2D eigenvalue weighted by atomic mass is 16.5. The van der Waals surface area contributed by atoms with Crippen LogP contribution in [0.25, 0.3) is 0 Å². The van der Waals surface area contributed by atoms with Gasteiger partial charge in [0.25, 0.3) is 0 Å². The van der Waals surface area contributed by atoms with Crippen LogP contribution < -0.4 is 0 Å². The highest BCUT2D eigenvalue weighted by molar-refractivity contribution is 5.91. The van der Waals surface area contributed by atoms with Crippen molar-refractivity contribution in [3.05, 3.63) is 42.3 Å². The molecule has 0 saturated carbocycles. The maximum Gasteiger partial charge on any atom is 0.338 e. The Morgan fingerprint density at radius 2 is 2.14 bits per heavy atom. The number of carbonyl (C=O) groups is 1. The summed E-state index contributed by atoms with van der Waals surface area (Å²) in [4.78, 5) is 11.5. The molecule has 0 heterocycles. The molecule has 1 rings (SSSR count). The van der Waals surface area contributed by atoms with Crippen molar-refractivity contribution in [1.82, 2.24) is 0 Å². The molecule has 0 spiro atoms. The fraction of sp³-hybridized carbons (Fsp3) is 0.333. The molecule has 1 aromatic rings. The van der Waals surface area contributed by atoms with Crippen molar-refractivity contribution in [1.29, 1.82) is 0 Å². The first kappa shape index (κ1) is 10.8. The van der Waals surface area contributed by atoms with Gasteiger partial charge in [-0.15, -0.1) is 0 Å². The van der Waals surface area contributed by atoms with Gasteiger partial charge in [0.15, 0.2) is 0 Å². The zero-order chi connectivity index (χ0) is 10.4. The highest BCUT2D eigenvalue weighted by Gasteiger charge is 2.08. The molecule has 2 nitrogen and oxygen atoms in total. The fourth-order valence-electron chi connectivity index (χ4n) is 1.11. The molecule has 0 atom stereocenters. The van der Waals surface area contributed by atoms with E-state index in [1.165, 1.54) is 0 Å². The van der Waals surface area contributed by atoms with Gasteiger partial charge in [0, 0.05) is 0 Å². The number of unbranched alkanes of at least 4 members (excludes halogenated alkanes) is 1. The molecule has 0 saturated heterocycles. The van der Waals surface area contributed by atoms with Crippen LogP contribution in [0.4, 0.5) is 0 Å². The van der Waals surface area contributed by atoms with E-state index < -0.39 is 0 Å². The Morgan fingerprint density at radius 1 is 1.43 bits per heavy atom. The molecule has 0 bridgehead atoms. The molecule has 0 amide bonds. The number of carbonyl (C=O) groups excluding carboxylic acids is 1. The normalized spacial score (nSPS) is 9.86. The minimum absolute atomic E-state index is 0.274. The van der Waals surface area contributed by atoms with Gasteiger partial charge in [-0.1, -0.05) is 31.5 Å². The Labute approximate surface area is 84.9 Å². The molecule has 14 heavy (non-hydrogen) atoms. The quantitative estimate of drug-likeness (QED) is 0.540. The van der Waals surface area contributed by atoms with Crippen molar-refractivity contribution in [2.45, 2.75) is 19.8 Å². The molecular weight excluding hydrogens is 176 g/mol. The van der Waals surface area contributed by atoms with Crippen LogP contribution in [0.1, 0.15) is 35.7 Å². The molecule has 0 N–H and O–H groups in total. The molecule has 1 aromatic carbocycles. The Hall–Kier alpha value is -1.31. The summed E-state index contributed by atoms with van der Waals surface area (Å²) in [5.74, 6) is -0.274. The zero-order valence-electron chi connectivity index (χ0n) is 8.45. The van der Waals surface area contributed by atoms with E-state index in [9.17, 15) is 4.79 Å². The van der Waals surface area contributed by atoms with Crippen LogP contribution in [0.2, 0.25) is 0 Å². The lowest BCUT2D eigenvalue weighted by Crippen LogP contribution is -2.07. The number of esters is 1. The van der Waals surface area contributed by atoms with Crippen LogP contribution >= 0.6 is 0 Å². The molecule has 0 aliphatic carbocycles.